The quantitative estimate of drug-likeness (QED) is 0.493. The van der Waals surface area contributed by atoms with Crippen molar-refractivity contribution in [2.24, 2.45) is 0 Å². The van der Waals surface area contributed by atoms with Crippen LogP contribution in [0.2, 0.25) is 0 Å². The standard InChI is InChI=1S/C22H18N2O/c1-16-19(12-7-13-21(16)25-18-9-3-2-4-10-18)23-22-15-14-17-8-5-6-11-20(17)24-22/h2-15H,1H3,(H,23,24). The first-order valence-electron chi connectivity index (χ1n) is 8.25. The van der Waals surface area contributed by atoms with Crippen molar-refractivity contribution in [1.82, 2.24) is 4.98 Å². The van der Waals surface area contributed by atoms with Gasteiger partial charge in [-0.05, 0) is 49.4 Å². The molecule has 4 rings (SSSR count). The molecule has 0 saturated carbocycles. The number of fused-ring (bicyclic) bond motifs is 1. The maximum absolute atomic E-state index is 6.00. The Morgan fingerprint density at radius 3 is 2.44 bits per heavy atom. The molecule has 0 bridgehead atoms. The van der Waals surface area contributed by atoms with Crippen molar-refractivity contribution in [3.8, 4) is 11.5 Å². The minimum absolute atomic E-state index is 0.818. The van der Waals surface area contributed by atoms with Crippen molar-refractivity contribution in [3.63, 3.8) is 0 Å². The van der Waals surface area contributed by atoms with E-state index < -0.39 is 0 Å². The van der Waals surface area contributed by atoms with E-state index in [1.54, 1.807) is 0 Å². The molecule has 0 radical (unpaired) electrons. The fourth-order valence-corrected chi connectivity index (χ4v) is 2.75. The van der Waals surface area contributed by atoms with Crippen LogP contribution in [0.3, 0.4) is 0 Å². The molecule has 1 aromatic heterocycles. The molecule has 122 valence electrons. The van der Waals surface area contributed by atoms with Gasteiger partial charge in [0.15, 0.2) is 0 Å². The zero-order chi connectivity index (χ0) is 17.1. The molecule has 0 fully saturated rings. The maximum Gasteiger partial charge on any atom is 0.132 e. The van der Waals surface area contributed by atoms with Crippen LogP contribution in [0.5, 0.6) is 11.5 Å². The fraction of sp³-hybridized carbons (Fsp3) is 0.0455. The predicted molar refractivity (Wildman–Crippen MR) is 103 cm³/mol. The van der Waals surface area contributed by atoms with Crippen molar-refractivity contribution in [2.75, 3.05) is 5.32 Å². The van der Waals surface area contributed by atoms with Gasteiger partial charge in [0.2, 0.25) is 0 Å². The number of ether oxygens (including phenoxy) is 1. The van der Waals surface area contributed by atoms with Crippen molar-refractivity contribution in [2.45, 2.75) is 6.92 Å². The predicted octanol–water partition coefficient (Wildman–Crippen LogP) is 6.08. The lowest BCUT2D eigenvalue weighted by atomic mass is 10.1. The first kappa shape index (κ1) is 15.2. The highest BCUT2D eigenvalue weighted by Crippen LogP contribution is 2.31. The zero-order valence-electron chi connectivity index (χ0n) is 13.9. The molecule has 4 aromatic rings. The molecule has 25 heavy (non-hydrogen) atoms. The smallest absolute Gasteiger partial charge is 0.132 e. The molecule has 1 heterocycles. The van der Waals surface area contributed by atoms with Crippen LogP contribution in [0.1, 0.15) is 5.56 Å². The Bertz CT molecular complexity index is 1010. The van der Waals surface area contributed by atoms with Crippen LogP contribution in [-0.4, -0.2) is 4.98 Å². The summed E-state index contributed by atoms with van der Waals surface area (Å²) in [5, 5.41) is 4.53. The molecule has 0 aliphatic heterocycles. The summed E-state index contributed by atoms with van der Waals surface area (Å²) in [4.78, 5) is 4.67. The number of benzene rings is 3. The number of anilines is 2. The molecule has 0 spiro atoms. The van der Waals surface area contributed by atoms with E-state index in [0.717, 1.165) is 39.5 Å². The minimum atomic E-state index is 0.818. The van der Waals surface area contributed by atoms with Crippen LogP contribution in [0.15, 0.2) is 84.9 Å². The summed E-state index contributed by atoms with van der Waals surface area (Å²) in [6.07, 6.45) is 0. The third-order valence-electron chi connectivity index (χ3n) is 4.12. The Morgan fingerprint density at radius 1 is 0.760 bits per heavy atom. The lowest BCUT2D eigenvalue weighted by Gasteiger charge is -2.14. The third kappa shape index (κ3) is 3.31. The van der Waals surface area contributed by atoms with Gasteiger partial charge in [-0.3, -0.25) is 0 Å². The van der Waals surface area contributed by atoms with Crippen molar-refractivity contribution in [1.29, 1.82) is 0 Å². The zero-order valence-corrected chi connectivity index (χ0v) is 13.9. The van der Waals surface area contributed by atoms with E-state index >= 15 is 0 Å². The second-order valence-electron chi connectivity index (χ2n) is 5.86. The molecular formula is C22H18N2O. The van der Waals surface area contributed by atoms with Crippen LogP contribution < -0.4 is 10.1 Å². The highest BCUT2D eigenvalue weighted by atomic mass is 16.5. The van der Waals surface area contributed by atoms with Crippen molar-refractivity contribution in [3.05, 3.63) is 90.5 Å². The van der Waals surface area contributed by atoms with Crippen LogP contribution in [0, 0.1) is 6.92 Å². The van der Waals surface area contributed by atoms with Gasteiger partial charge in [0, 0.05) is 16.6 Å². The molecule has 0 amide bonds. The first-order valence-corrected chi connectivity index (χ1v) is 8.25. The average molecular weight is 326 g/mol. The first-order chi connectivity index (χ1) is 12.3. The Balaban J connectivity index is 1.62. The largest absolute Gasteiger partial charge is 0.457 e. The number of hydrogen-bond acceptors (Lipinski definition) is 3. The second kappa shape index (κ2) is 6.65. The molecule has 3 aromatic carbocycles. The Morgan fingerprint density at radius 2 is 1.56 bits per heavy atom. The lowest BCUT2D eigenvalue weighted by molar-refractivity contribution is 0.479. The van der Waals surface area contributed by atoms with Crippen molar-refractivity contribution < 1.29 is 4.74 Å². The molecule has 3 nitrogen and oxygen atoms in total. The van der Waals surface area contributed by atoms with Gasteiger partial charge in [-0.25, -0.2) is 4.98 Å². The van der Waals surface area contributed by atoms with Crippen LogP contribution in [0.4, 0.5) is 11.5 Å². The van der Waals surface area contributed by atoms with Crippen molar-refractivity contribution >= 4 is 22.4 Å². The van der Waals surface area contributed by atoms with Crippen LogP contribution >= 0.6 is 0 Å². The molecule has 0 atom stereocenters. The van der Waals surface area contributed by atoms with Gasteiger partial charge < -0.3 is 10.1 Å². The number of pyridine rings is 1. The summed E-state index contributed by atoms with van der Waals surface area (Å²) in [5.74, 6) is 2.47. The van der Waals surface area contributed by atoms with E-state index in [2.05, 4.69) is 22.4 Å². The molecule has 0 saturated heterocycles. The normalized spacial score (nSPS) is 10.6. The topological polar surface area (TPSA) is 34.2 Å². The molecule has 3 heteroatoms. The Labute approximate surface area is 146 Å². The van der Waals surface area contributed by atoms with E-state index in [1.165, 1.54) is 0 Å². The van der Waals surface area contributed by atoms with Gasteiger partial charge in [0.1, 0.15) is 17.3 Å². The number of rotatable bonds is 4. The van der Waals surface area contributed by atoms with Crippen LogP contribution in [0.25, 0.3) is 10.9 Å². The number of hydrogen-bond donors (Lipinski definition) is 1. The SMILES string of the molecule is Cc1c(Nc2ccc3ccccc3n2)cccc1Oc1ccccc1. The summed E-state index contributed by atoms with van der Waals surface area (Å²) in [6.45, 7) is 2.04. The summed E-state index contributed by atoms with van der Waals surface area (Å²) in [5.41, 5.74) is 3.00. The van der Waals surface area contributed by atoms with E-state index in [4.69, 9.17) is 4.74 Å². The highest BCUT2D eigenvalue weighted by Gasteiger charge is 2.07. The Hall–Kier alpha value is -3.33. The van der Waals surface area contributed by atoms with Gasteiger partial charge in [-0.1, -0.05) is 42.5 Å². The van der Waals surface area contributed by atoms with E-state index in [1.807, 2.05) is 79.7 Å². The van der Waals surface area contributed by atoms with Crippen LogP contribution in [-0.2, 0) is 0 Å². The summed E-state index contributed by atoms with van der Waals surface area (Å²) in [6, 6.07) is 27.9. The van der Waals surface area contributed by atoms with E-state index in [0.29, 0.717) is 0 Å². The second-order valence-corrected chi connectivity index (χ2v) is 5.86. The van der Waals surface area contributed by atoms with E-state index in [9.17, 15) is 0 Å². The molecule has 1 N–H and O–H groups in total. The maximum atomic E-state index is 6.00. The van der Waals surface area contributed by atoms with Gasteiger partial charge in [0.05, 0.1) is 5.52 Å². The highest BCUT2D eigenvalue weighted by molar-refractivity contribution is 5.81. The Kier molecular flexibility index (Phi) is 4.05. The van der Waals surface area contributed by atoms with Gasteiger partial charge >= 0.3 is 0 Å². The molecule has 0 aliphatic rings. The summed E-state index contributed by atoms with van der Waals surface area (Å²) >= 11 is 0. The van der Waals surface area contributed by atoms with Gasteiger partial charge in [-0.2, -0.15) is 0 Å². The third-order valence-corrected chi connectivity index (χ3v) is 4.12. The number of nitrogens with zero attached hydrogens (tertiary/aromatic N) is 1. The minimum Gasteiger partial charge on any atom is -0.457 e. The fourth-order valence-electron chi connectivity index (χ4n) is 2.75. The van der Waals surface area contributed by atoms with E-state index in [-0.39, 0.29) is 0 Å². The number of nitrogens with one attached hydrogen (secondary N) is 1. The summed E-state index contributed by atoms with van der Waals surface area (Å²) in [7, 11) is 0. The number of para-hydroxylation sites is 2. The molecule has 0 unspecified atom stereocenters. The van der Waals surface area contributed by atoms with Gasteiger partial charge in [-0.15, -0.1) is 0 Å². The molecular weight excluding hydrogens is 308 g/mol. The monoisotopic (exact) mass is 326 g/mol. The average Bonchev–Trinajstić information content (AvgIpc) is 2.66. The number of aromatic nitrogens is 1. The van der Waals surface area contributed by atoms with Gasteiger partial charge in [0.25, 0.3) is 0 Å². The lowest BCUT2D eigenvalue weighted by Crippen LogP contribution is -1.97. The summed E-state index contributed by atoms with van der Waals surface area (Å²) < 4.78 is 6.00. The molecule has 0 aliphatic carbocycles.